The number of carbonyl (C=O) groups is 1. The lowest BCUT2D eigenvalue weighted by Crippen LogP contribution is -2.40. The highest BCUT2D eigenvalue weighted by molar-refractivity contribution is 5.82. The lowest BCUT2D eigenvalue weighted by atomic mass is 10.2. The van der Waals surface area contributed by atoms with E-state index in [1.54, 1.807) is 0 Å². The van der Waals surface area contributed by atoms with Gasteiger partial charge in [0.15, 0.2) is 0 Å². The van der Waals surface area contributed by atoms with E-state index >= 15 is 0 Å². The van der Waals surface area contributed by atoms with Crippen molar-refractivity contribution < 1.29 is 9.90 Å². The zero-order valence-electron chi connectivity index (χ0n) is 8.33. The van der Waals surface area contributed by atoms with Crippen molar-refractivity contribution in [2.45, 2.75) is 37.8 Å². The molecule has 1 saturated carbocycles. The van der Waals surface area contributed by atoms with Crippen LogP contribution in [0.5, 0.6) is 0 Å². The van der Waals surface area contributed by atoms with E-state index in [-0.39, 0.29) is 18.1 Å². The first-order valence-electron chi connectivity index (χ1n) is 5.45. The summed E-state index contributed by atoms with van der Waals surface area (Å²) in [6, 6.07) is -0.177. The average Bonchev–Trinajstić information content (AvgIpc) is 2.87. The van der Waals surface area contributed by atoms with E-state index in [0.717, 1.165) is 18.9 Å². The largest absolute Gasteiger partial charge is 0.392 e. The van der Waals surface area contributed by atoms with E-state index in [1.807, 2.05) is 0 Å². The molecule has 3 N–H and O–H groups in total. The molecular weight excluding hydrogens is 180 g/mol. The molecule has 14 heavy (non-hydrogen) atoms. The monoisotopic (exact) mass is 198 g/mol. The van der Waals surface area contributed by atoms with Gasteiger partial charge in [-0.3, -0.25) is 4.79 Å². The molecule has 1 aliphatic carbocycles. The summed E-state index contributed by atoms with van der Waals surface area (Å²) in [4.78, 5) is 11.5. The predicted molar refractivity (Wildman–Crippen MR) is 52.8 cm³/mol. The second kappa shape index (κ2) is 4.28. The molecule has 0 spiro atoms. The van der Waals surface area contributed by atoms with Crippen LogP contribution in [0.15, 0.2) is 0 Å². The van der Waals surface area contributed by atoms with Crippen molar-refractivity contribution >= 4 is 5.91 Å². The van der Waals surface area contributed by atoms with Gasteiger partial charge in [-0.05, 0) is 18.8 Å². The van der Waals surface area contributed by atoms with Crippen molar-refractivity contribution in [1.82, 2.24) is 10.6 Å². The van der Waals surface area contributed by atoms with Crippen LogP contribution in [-0.4, -0.2) is 36.2 Å². The number of carbonyl (C=O) groups excluding carboxylic acids is 1. The Morgan fingerprint density at radius 1 is 1.50 bits per heavy atom. The normalized spacial score (nSPS) is 31.8. The van der Waals surface area contributed by atoms with Crippen LogP contribution in [-0.2, 0) is 4.79 Å². The predicted octanol–water partition coefficient (Wildman–Crippen LogP) is -0.375. The Kier molecular flexibility index (Phi) is 3.03. The van der Waals surface area contributed by atoms with Crippen LogP contribution in [0.25, 0.3) is 0 Å². The van der Waals surface area contributed by atoms with Crippen molar-refractivity contribution in [2.24, 2.45) is 5.92 Å². The summed E-state index contributed by atoms with van der Waals surface area (Å²) < 4.78 is 0. The number of hydrogen-bond donors (Lipinski definition) is 3. The van der Waals surface area contributed by atoms with Crippen LogP contribution < -0.4 is 10.6 Å². The third-order valence-corrected chi connectivity index (χ3v) is 2.97. The number of β-amino-alcohol motifs (C(OH)–C–C–N with tert-alkyl or cyclic N) is 1. The van der Waals surface area contributed by atoms with Crippen LogP contribution in [0.4, 0.5) is 0 Å². The summed E-state index contributed by atoms with van der Waals surface area (Å²) in [7, 11) is 0. The summed E-state index contributed by atoms with van der Waals surface area (Å²) in [6.07, 6.45) is 3.97. The number of rotatable bonds is 4. The molecule has 0 aromatic rings. The molecule has 80 valence electrons. The quantitative estimate of drug-likeness (QED) is 0.577. The minimum absolute atomic E-state index is 0.0437. The number of aliphatic hydroxyl groups is 1. The number of hydrogen-bond acceptors (Lipinski definition) is 3. The van der Waals surface area contributed by atoms with Gasteiger partial charge in [0, 0.05) is 13.1 Å². The Hall–Kier alpha value is -0.610. The van der Waals surface area contributed by atoms with Gasteiger partial charge in [0.05, 0.1) is 12.1 Å². The van der Waals surface area contributed by atoms with Crippen molar-refractivity contribution in [2.75, 3.05) is 13.1 Å². The fourth-order valence-corrected chi connectivity index (χ4v) is 1.85. The van der Waals surface area contributed by atoms with E-state index in [9.17, 15) is 9.90 Å². The molecule has 1 aliphatic heterocycles. The molecule has 1 saturated heterocycles. The number of aliphatic hydroxyl groups excluding tert-OH is 1. The molecule has 1 amide bonds. The van der Waals surface area contributed by atoms with Crippen molar-refractivity contribution in [3.05, 3.63) is 0 Å². The third kappa shape index (κ3) is 2.69. The highest BCUT2D eigenvalue weighted by Crippen LogP contribution is 2.31. The van der Waals surface area contributed by atoms with E-state index in [1.165, 1.54) is 12.8 Å². The SMILES string of the molecule is O=C(NCCC1CC1)C1CC(O)CN1. The van der Waals surface area contributed by atoms with Gasteiger partial charge < -0.3 is 15.7 Å². The second-order valence-corrected chi connectivity index (χ2v) is 4.37. The van der Waals surface area contributed by atoms with Crippen LogP contribution >= 0.6 is 0 Å². The standard InChI is InChI=1S/C10H18N2O2/c13-8-5-9(12-6-8)10(14)11-4-3-7-1-2-7/h7-9,12-13H,1-6H2,(H,11,14). The highest BCUT2D eigenvalue weighted by atomic mass is 16.3. The van der Waals surface area contributed by atoms with Crippen LogP contribution in [0.1, 0.15) is 25.7 Å². The van der Waals surface area contributed by atoms with E-state index in [0.29, 0.717) is 13.0 Å². The summed E-state index contributed by atoms with van der Waals surface area (Å²) in [6.45, 7) is 1.33. The molecule has 4 nitrogen and oxygen atoms in total. The zero-order chi connectivity index (χ0) is 9.97. The Morgan fingerprint density at radius 2 is 2.29 bits per heavy atom. The van der Waals surface area contributed by atoms with Crippen LogP contribution in [0, 0.1) is 5.92 Å². The van der Waals surface area contributed by atoms with Gasteiger partial charge >= 0.3 is 0 Å². The maximum absolute atomic E-state index is 11.5. The molecule has 0 aromatic carbocycles. The Balaban J connectivity index is 1.61. The smallest absolute Gasteiger partial charge is 0.237 e. The minimum atomic E-state index is -0.353. The maximum atomic E-state index is 11.5. The zero-order valence-corrected chi connectivity index (χ0v) is 8.33. The Morgan fingerprint density at radius 3 is 2.86 bits per heavy atom. The van der Waals surface area contributed by atoms with Gasteiger partial charge in [-0.15, -0.1) is 0 Å². The second-order valence-electron chi connectivity index (χ2n) is 4.37. The Bertz CT molecular complexity index is 216. The molecule has 1 heterocycles. The average molecular weight is 198 g/mol. The maximum Gasteiger partial charge on any atom is 0.237 e. The molecule has 4 heteroatoms. The first kappa shape index (κ1) is 9.93. The summed E-state index contributed by atoms with van der Waals surface area (Å²) in [5.41, 5.74) is 0. The first-order chi connectivity index (χ1) is 6.75. The van der Waals surface area contributed by atoms with Crippen LogP contribution in [0.3, 0.4) is 0 Å². The fraction of sp³-hybridized carbons (Fsp3) is 0.900. The number of nitrogens with one attached hydrogen (secondary N) is 2. The van der Waals surface area contributed by atoms with Crippen molar-refractivity contribution in [1.29, 1.82) is 0 Å². The summed E-state index contributed by atoms with van der Waals surface area (Å²) in [5, 5.41) is 15.1. The Labute approximate surface area is 84.1 Å². The molecule has 2 fully saturated rings. The number of amides is 1. The van der Waals surface area contributed by atoms with Gasteiger partial charge in [-0.2, -0.15) is 0 Å². The van der Waals surface area contributed by atoms with Crippen molar-refractivity contribution in [3.63, 3.8) is 0 Å². The van der Waals surface area contributed by atoms with E-state index in [4.69, 9.17) is 0 Å². The molecule has 0 aromatic heterocycles. The van der Waals surface area contributed by atoms with E-state index < -0.39 is 0 Å². The van der Waals surface area contributed by atoms with E-state index in [2.05, 4.69) is 10.6 Å². The molecule has 2 rings (SSSR count). The van der Waals surface area contributed by atoms with Gasteiger partial charge in [0.1, 0.15) is 0 Å². The topological polar surface area (TPSA) is 61.4 Å². The van der Waals surface area contributed by atoms with Crippen LogP contribution in [0.2, 0.25) is 0 Å². The third-order valence-electron chi connectivity index (χ3n) is 2.97. The minimum Gasteiger partial charge on any atom is -0.392 e. The van der Waals surface area contributed by atoms with Gasteiger partial charge in [-0.25, -0.2) is 0 Å². The van der Waals surface area contributed by atoms with Gasteiger partial charge in [0.2, 0.25) is 5.91 Å². The molecule has 2 atom stereocenters. The molecule has 0 radical (unpaired) electrons. The first-order valence-corrected chi connectivity index (χ1v) is 5.45. The summed E-state index contributed by atoms with van der Waals surface area (Å²) >= 11 is 0. The lowest BCUT2D eigenvalue weighted by Gasteiger charge is -2.10. The van der Waals surface area contributed by atoms with Gasteiger partial charge in [-0.1, -0.05) is 12.8 Å². The highest BCUT2D eigenvalue weighted by Gasteiger charge is 2.28. The molecule has 0 bridgehead atoms. The summed E-state index contributed by atoms with van der Waals surface area (Å²) in [5.74, 6) is 0.902. The lowest BCUT2D eigenvalue weighted by molar-refractivity contribution is -0.122. The van der Waals surface area contributed by atoms with Crippen molar-refractivity contribution in [3.8, 4) is 0 Å². The molecule has 2 unspecified atom stereocenters. The molecule has 2 aliphatic rings. The van der Waals surface area contributed by atoms with Gasteiger partial charge in [0.25, 0.3) is 0 Å². The molecular formula is C10H18N2O2. The fourth-order valence-electron chi connectivity index (χ4n) is 1.85.